The van der Waals surface area contributed by atoms with Crippen molar-refractivity contribution in [1.82, 2.24) is 19.4 Å². The van der Waals surface area contributed by atoms with Gasteiger partial charge in [0.1, 0.15) is 5.52 Å². The lowest BCUT2D eigenvalue weighted by Crippen LogP contribution is -2.34. The van der Waals surface area contributed by atoms with Gasteiger partial charge >= 0.3 is 0 Å². The van der Waals surface area contributed by atoms with Crippen molar-refractivity contribution in [1.29, 1.82) is 0 Å². The number of pyridine rings is 1. The summed E-state index contributed by atoms with van der Waals surface area (Å²) in [7, 11) is 2.15. The summed E-state index contributed by atoms with van der Waals surface area (Å²) in [5.41, 5.74) is 8.90. The van der Waals surface area contributed by atoms with Gasteiger partial charge in [-0.2, -0.15) is 0 Å². The van der Waals surface area contributed by atoms with Gasteiger partial charge in [-0.1, -0.05) is 0 Å². The predicted molar refractivity (Wildman–Crippen MR) is 72.4 cm³/mol. The molecule has 96 valence electrons. The van der Waals surface area contributed by atoms with E-state index >= 15 is 0 Å². The topological polar surface area (TPSA) is 60.0 Å². The lowest BCUT2D eigenvalue weighted by atomic mass is 10.1. The molecule has 2 N–H and O–H groups in total. The summed E-state index contributed by atoms with van der Waals surface area (Å²) in [6, 6.07) is 4.37. The van der Waals surface area contributed by atoms with Gasteiger partial charge in [-0.15, -0.1) is 0 Å². The number of anilines is 1. The van der Waals surface area contributed by atoms with Crippen LogP contribution in [-0.4, -0.2) is 39.6 Å². The molecule has 2 aromatic heterocycles. The molecule has 0 aromatic carbocycles. The highest BCUT2D eigenvalue weighted by atomic mass is 15.2. The third kappa shape index (κ3) is 1.84. The molecule has 0 saturated carbocycles. The summed E-state index contributed by atoms with van der Waals surface area (Å²) in [5, 5.41) is 0. The Morgan fingerprint density at radius 2 is 2.17 bits per heavy atom. The Kier molecular flexibility index (Phi) is 2.70. The number of imidazole rings is 1. The molecule has 5 heteroatoms. The Labute approximate surface area is 107 Å². The van der Waals surface area contributed by atoms with Crippen molar-refractivity contribution in [3.8, 4) is 0 Å². The molecule has 1 aliphatic rings. The third-order valence-electron chi connectivity index (χ3n) is 3.67. The van der Waals surface area contributed by atoms with Gasteiger partial charge in [-0.05, 0) is 45.5 Å². The minimum Gasteiger partial charge on any atom is -0.369 e. The summed E-state index contributed by atoms with van der Waals surface area (Å²) in [5.74, 6) is 0.586. The minimum atomic E-state index is 0.392. The Bertz CT molecular complexity index is 574. The molecular formula is C13H19N5. The van der Waals surface area contributed by atoms with Crippen LogP contribution < -0.4 is 5.73 Å². The molecule has 1 unspecified atom stereocenters. The lowest BCUT2D eigenvalue weighted by Gasteiger charge is -2.31. The van der Waals surface area contributed by atoms with Crippen molar-refractivity contribution in [3.63, 3.8) is 0 Å². The number of likely N-dealkylation sites (N-methyl/N-ethyl adjacent to an activating group) is 1. The number of rotatable bonds is 1. The number of likely N-dealkylation sites (tertiary alicyclic amines) is 1. The zero-order chi connectivity index (χ0) is 12.7. The fourth-order valence-electron chi connectivity index (χ4n) is 2.80. The van der Waals surface area contributed by atoms with E-state index < -0.39 is 0 Å². The Hall–Kier alpha value is -1.62. The van der Waals surface area contributed by atoms with Gasteiger partial charge in [0, 0.05) is 12.2 Å². The van der Waals surface area contributed by atoms with Crippen molar-refractivity contribution in [2.24, 2.45) is 0 Å². The summed E-state index contributed by atoms with van der Waals surface area (Å²) in [6.45, 7) is 4.18. The molecule has 1 saturated heterocycles. The number of piperidine rings is 1. The molecule has 3 heterocycles. The first-order chi connectivity index (χ1) is 8.65. The average molecular weight is 245 g/mol. The molecule has 18 heavy (non-hydrogen) atoms. The molecule has 2 aromatic rings. The highest BCUT2D eigenvalue weighted by molar-refractivity contribution is 5.74. The maximum Gasteiger partial charge on any atom is 0.202 e. The van der Waals surface area contributed by atoms with E-state index in [1.807, 2.05) is 19.1 Å². The van der Waals surface area contributed by atoms with Gasteiger partial charge in [0.25, 0.3) is 0 Å². The predicted octanol–water partition coefficient (Wildman–Crippen LogP) is 1.59. The first-order valence-corrected chi connectivity index (χ1v) is 6.45. The fourth-order valence-corrected chi connectivity index (χ4v) is 2.80. The molecule has 0 amide bonds. The Morgan fingerprint density at radius 1 is 1.33 bits per heavy atom. The Balaban J connectivity index is 2.09. The van der Waals surface area contributed by atoms with E-state index in [4.69, 9.17) is 5.73 Å². The quantitative estimate of drug-likeness (QED) is 0.829. The third-order valence-corrected chi connectivity index (χ3v) is 3.67. The van der Waals surface area contributed by atoms with E-state index in [0.29, 0.717) is 12.0 Å². The second-order valence-electron chi connectivity index (χ2n) is 5.19. The number of hydrogen-bond acceptors (Lipinski definition) is 4. The van der Waals surface area contributed by atoms with Crippen LogP contribution in [0.3, 0.4) is 0 Å². The molecule has 1 fully saturated rings. The van der Waals surface area contributed by atoms with Crippen molar-refractivity contribution in [2.45, 2.75) is 25.8 Å². The van der Waals surface area contributed by atoms with Crippen LogP contribution in [0.2, 0.25) is 0 Å². The molecular weight excluding hydrogens is 226 g/mol. The van der Waals surface area contributed by atoms with E-state index in [2.05, 4.69) is 26.5 Å². The fraction of sp³-hybridized carbons (Fsp3) is 0.538. The maximum atomic E-state index is 6.07. The average Bonchev–Trinajstić information content (AvgIpc) is 2.64. The standard InChI is InChI=1S/C13H19N5/c1-9-5-6-11-12(15-9)18(13(14)16-11)10-4-3-7-17(2)8-10/h5-6,10H,3-4,7-8H2,1-2H3,(H2,14,16). The van der Waals surface area contributed by atoms with Gasteiger partial charge in [-0.25, -0.2) is 9.97 Å². The van der Waals surface area contributed by atoms with E-state index in [9.17, 15) is 0 Å². The van der Waals surface area contributed by atoms with Gasteiger partial charge in [0.05, 0.1) is 6.04 Å². The summed E-state index contributed by atoms with van der Waals surface area (Å²) in [4.78, 5) is 11.4. The van der Waals surface area contributed by atoms with Crippen LogP contribution in [0, 0.1) is 6.92 Å². The van der Waals surface area contributed by atoms with Crippen molar-refractivity contribution >= 4 is 17.1 Å². The van der Waals surface area contributed by atoms with Crippen molar-refractivity contribution in [3.05, 3.63) is 17.8 Å². The van der Waals surface area contributed by atoms with Gasteiger partial charge in [0.2, 0.25) is 5.95 Å². The smallest absolute Gasteiger partial charge is 0.202 e. The second-order valence-corrected chi connectivity index (χ2v) is 5.19. The summed E-state index contributed by atoms with van der Waals surface area (Å²) in [6.07, 6.45) is 2.35. The number of nitrogens with zero attached hydrogens (tertiary/aromatic N) is 4. The zero-order valence-corrected chi connectivity index (χ0v) is 10.9. The first kappa shape index (κ1) is 11.5. The molecule has 0 spiro atoms. The molecule has 0 radical (unpaired) electrons. The normalized spacial score (nSPS) is 21.6. The highest BCUT2D eigenvalue weighted by Gasteiger charge is 2.23. The number of fused-ring (bicyclic) bond motifs is 1. The monoisotopic (exact) mass is 245 g/mol. The molecule has 0 aliphatic carbocycles. The SMILES string of the molecule is Cc1ccc2nc(N)n(C3CCCN(C)C3)c2n1. The van der Waals surface area contributed by atoms with E-state index in [1.54, 1.807) is 0 Å². The summed E-state index contributed by atoms with van der Waals surface area (Å²) >= 11 is 0. The second kappa shape index (κ2) is 4.24. The Morgan fingerprint density at radius 3 is 2.94 bits per heavy atom. The molecule has 1 aliphatic heterocycles. The highest BCUT2D eigenvalue weighted by Crippen LogP contribution is 2.27. The van der Waals surface area contributed by atoms with Crippen LogP contribution >= 0.6 is 0 Å². The van der Waals surface area contributed by atoms with Gasteiger partial charge in [-0.3, -0.25) is 4.57 Å². The minimum absolute atomic E-state index is 0.392. The van der Waals surface area contributed by atoms with Crippen LogP contribution in [0.5, 0.6) is 0 Å². The number of nitrogens with two attached hydrogens (primary N) is 1. The number of hydrogen-bond donors (Lipinski definition) is 1. The van der Waals surface area contributed by atoms with Gasteiger partial charge < -0.3 is 10.6 Å². The van der Waals surface area contributed by atoms with E-state index in [0.717, 1.165) is 36.4 Å². The largest absolute Gasteiger partial charge is 0.369 e. The van der Waals surface area contributed by atoms with E-state index in [-0.39, 0.29) is 0 Å². The van der Waals surface area contributed by atoms with Crippen molar-refractivity contribution < 1.29 is 0 Å². The van der Waals surface area contributed by atoms with Crippen LogP contribution in [0.15, 0.2) is 12.1 Å². The molecule has 0 bridgehead atoms. The molecule has 1 atom stereocenters. The number of aryl methyl sites for hydroxylation is 1. The lowest BCUT2D eigenvalue weighted by molar-refractivity contribution is 0.216. The van der Waals surface area contributed by atoms with E-state index in [1.165, 1.54) is 6.42 Å². The zero-order valence-electron chi connectivity index (χ0n) is 10.9. The van der Waals surface area contributed by atoms with Crippen LogP contribution in [0.1, 0.15) is 24.6 Å². The van der Waals surface area contributed by atoms with Crippen molar-refractivity contribution in [2.75, 3.05) is 25.9 Å². The maximum absolute atomic E-state index is 6.07. The van der Waals surface area contributed by atoms with Crippen LogP contribution in [0.25, 0.3) is 11.2 Å². The molecule has 5 nitrogen and oxygen atoms in total. The first-order valence-electron chi connectivity index (χ1n) is 6.45. The van der Waals surface area contributed by atoms with Crippen LogP contribution in [-0.2, 0) is 0 Å². The summed E-state index contributed by atoms with van der Waals surface area (Å²) < 4.78 is 2.11. The van der Waals surface area contributed by atoms with Crippen LogP contribution in [0.4, 0.5) is 5.95 Å². The molecule has 3 rings (SSSR count). The van der Waals surface area contributed by atoms with Gasteiger partial charge in [0.15, 0.2) is 5.65 Å². The number of aromatic nitrogens is 3. The number of nitrogen functional groups attached to an aromatic ring is 1.